The van der Waals surface area contributed by atoms with Crippen LogP contribution in [0.1, 0.15) is 44.1 Å². The minimum Gasteiger partial charge on any atom is -0.481 e. The summed E-state index contributed by atoms with van der Waals surface area (Å²) in [5.74, 6) is 1.53. The van der Waals surface area contributed by atoms with Crippen molar-refractivity contribution in [2.24, 2.45) is 23.2 Å². The first-order chi connectivity index (χ1) is 11.0. The summed E-state index contributed by atoms with van der Waals surface area (Å²) in [7, 11) is 0. The van der Waals surface area contributed by atoms with Gasteiger partial charge in [0.15, 0.2) is 0 Å². The van der Waals surface area contributed by atoms with Gasteiger partial charge in [0.05, 0.1) is 11.8 Å². The first-order valence-electron chi connectivity index (χ1n) is 8.65. The standard InChI is InChI=1S/C19H23NO3/c21-17(22)8-12-2-1-3-16(7-12)20-18(23)19-9-13-4-14(10-19)6-15(5-13)11-19/h1-3,7,13-15H,4-6,8-11H2,(H,20,23)(H,21,22). The molecule has 0 aromatic heterocycles. The lowest BCUT2D eigenvalue weighted by molar-refractivity contribution is -0.140. The maximum absolute atomic E-state index is 13.0. The summed E-state index contributed by atoms with van der Waals surface area (Å²) in [4.78, 5) is 23.8. The molecular formula is C19H23NO3. The molecule has 4 aliphatic carbocycles. The Balaban J connectivity index is 1.51. The number of carboxylic acids is 1. The highest BCUT2D eigenvalue weighted by Crippen LogP contribution is 2.60. The Hall–Kier alpha value is -1.84. The van der Waals surface area contributed by atoms with Gasteiger partial charge in [0.2, 0.25) is 5.91 Å². The Labute approximate surface area is 136 Å². The van der Waals surface area contributed by atoms with Gasteiger partial charge in [-0.25, -0.2) is 0 Å². The van der Waals surface area contributed by atoms with Crippen LogP contribution in [0, 0.1) is 23.2 Å². The second-order valence-electron chi connectivity index (χ2n) is 7.92. The summed E-state index contributed by atoms with van der Waals surface area (Å²) >= 11 is 0. The van der Waals surface area contributed by atoms with Crippen LogP contribution in [0.3, 0.4) is 0 Å². The van der Waals surface area contributed by atoms with Crippen LogP contribution in [-0.2, 0) is 16.0 Å². The van der Waals surface area contributed by atoms with Gasteiger partial charge < -0.3 is 10.4 Å². The van der Waals surface area contributed by atoms with E-state index in [0.717, 1.165) is 48.3 Å². The molecule has 122 valence electrons. The molecule has 1 aromatic carbocycles. The maximum Gasteiger partial charge on any atom is 0.307 e. The van der Waals surface area contributed by atoms with Crippen molar-refractivity contribution < 1.29 is 14.7 Å². The van der Waals surface area contributed by atoms with Gasteiger partial charge in [-0.1, -0.05) is 12.1 Å². The van der Waals surface area contributed by atoms with Crippen LogP contribution in [0.2, 0.25) is 0 Å². The summed E-state index contributed by atoms with van der Waals surface area (Å²) in [5.41, 5.74) is 1.28. The van der Waals surface area contributed by atoms with Crippen LogP contribution in [0.4, 0.5) is 5.69 Å². The monoisotopic (exact) mass is 313 g/mol. The van der Waals surface area contributed by atoms with Gasteiger partial charge in [0.1, 0.15) is 0 Å². The number of hydrogen-bond donors (Lipinski definition) is 2. The molecular weight excluding hydrogens is 290 g/mol. The molecule has 4 saturated carbocycles. The molecule has 0 unspecified atom stereocenters. The van der Waals surface area contributed by atoms with E-state index in [1.165, 1.54) is 19.3 Å². The highest BCUT2D eigenvalue weighted by molar-refractivity contribution is 5.95. The number of rotatable bonds is 4. The zero-order valence-corrected chi connectivity index (χ0v) is 13.3. The van der Waals surface area contributed by atoms with E-state index in [4.69, 9.17) is 5.11 Å². The molecule has 2 N–H and O–H groups in total. The van der Waals surface area contributed by atoms with Crippen molar-refractivity contribution in [3.05, 3.63) is 29.8 Å². The zero-order chi connectivity index (χ0) is 16.0. The molecule has 4 aliphatic rings. The van der Waals surface area contributed by atoms with Gasteiger partial charge in [-0.2, -0.15) is 0 Å². The minimum atomic E-state index is -0.852. The van der Waals surface area contributed by atoms with E-state index in [2.05, 4.69) is 5.32 Å². The molecule has 23 heavy (non-hydrogen) atoms. The molecule has 4 heteroatoms. The van der Waals surface area contributed by atoms with E-state index in [-0.39, 0.29) is 17.7 Å². The third kappa shape index (κ3) is 2.75. The van der Waals surface area contributed by atoms with Crippen molar-refractivity contribution >= 4 is 17.6 Å². The molecule has 4 fully saturated rings. The zero-order valence-electron chi connectivity index (χ0n) is 13.3. The Morgan fingerprint density at radius 3 is 2.26 bits per heavy atom. The highest BCUT2D eigenvalue weighted by atomic mass is 16.4. The van der Waals surface area contributed by atoms with E-state index in [1.807, 2.05) is 12.1 Å². The number of amides is 1. The third-order valence-electron chi connectivity index (χ3n) is 6.06. The Bertz CT molecular complexity index is 616. The summed E-state index contributed by atoms with van der Waals surface area (Å²) in [5, 5.41) is 12.0. The number of carbonyl (C=O) groups is 2. The predicted molar refractivity (Wildman–Crippen MR) is 87.0 cm³/mol. The predicted octanol–water partition coefficient (Wildman–Crippen LogP) is 3.47. The number of anilines is 1. The van der Waals surface area contributed by atoms with Crippen LogP contribution in [0.5, 0.6) is 0 Å². The van der Waals surface area contributed by atoms with Crippen molar-refractivity contribution in [3.8, 4) is 0 Å². The van der Waals surface area contributed by atoms with Gasteiger partial charge in [0.25, 0.3) is 0 Å². The summed E-state index contributed by atoms with van der Waals surface area (Å²) < 4.78 is 0. The second kappa shape index (κ2) is 5.36. The van der Waals surface area contributed by atoms with Crippen LogP contribution >= 0.6 is 0 Å². The van der Waals surface area contributed by atoms with Crippen LogP contribution in [0.25, 0.3) is 0 Å². The van der Waals surface area contributed by atoms with Crippen molar-refractivity contribution in [1.29, 1.82) is 0 Å². The molecule has 1 amide bonds. The third-order valence-corrected chi connectivity index (χ3v) is 6.06. The Morgan fingerprint density at radius 2 is 1.70 bits per heavy atom. The molecule has 0 heterocycles. The van der Waals surface area contributed by atoms with Gasteiger partial charge >= 0.3 is 5.97 Å². The molecule has 0 aliphatic heterocycles. The van der Waals surface area contributed by atoms with Gasteiger partial charge in [0, 0.05) is 5.69 Å². The largest absolute Gasteiger partial charge is 0.481 e. The van der Waals surface area contributed by atoms with E-state index in [9.17, 15) is 9.59 Å². The van der Waals surface area contributed by atoms with Crippen LogP contribution < -0.4 is 5.32 Å². The molecule has 0 atom stereocenters. The smallest absolute Gasteiger partial charge is 0.307 e. The number of hydrogen-bond acceptors (Lipinski definition) is 2. The molecule has 4 bridgehead atoms. The summed E-state index contributed by atoms with van der Waals surface area (Å²) in [6, 6.07) is 7.23. The molecule has 1 aromatic rings. The molecule has 0 saturated heterocycles. The highest BCUT2D eigenvalue weighted by Gasteiger charge is 2.54. The fourth-order valence-corrected chi connectivity index (χ4v) is 5.59. The number of aliphatic carboxylic acids is 1. The first-order valence-corrected chi connectivity index (χ1v) is 8.65. The lowest BCUT2D eigenvalue weighted by Gasteiger charge is -2.55. The topological polar surface area (TPSA) is 66.4 Å². The molecule has 5 rings (SSSR count). The van der Waals surface area contributed by atoms with Gasteiger partial charge in [-0.05, 0) is 74.0 Å². The van der Waals surface area contributed by atoms with Gasteiger partial charge in [-0.3, -0.25) is 9.59 Å². The van der Waals surface area contributed by atoms with Crippen molar-refractivity contribution in [3.63, 3.8) is 0 Å². The van der Waals surface area contributed by atoms with Crippen molar-refractivity contribution in [2.75, 3.05) is 5.32 Å². The first kappa shape index (κ1) is 14.7. The SMILES string of the molecule is O=C(O)Cc1cccc(NC(=O)C23CC4CC(CC(C4)C2)C3)c1. The molecule has 0 radical (unpaired) electrons. The minimum absolute atomic E-state index is 0.0128. The lowest BCUT2D eigenvalue weighted by Crippen LogP contribution is -2.51. The number of carboxylic acid groups (broad SMARTS) is 1. The van der Waals surface area contributed by atoms with E-state index in [1.54, 1.807) is 12.1 Å². The average molecular weight is 313 g/mol. The quantitative estimate of drug-likeness (QED) is 0.894. The van der Waals surface area contributed by atoms with Crippen LogP contribution in [0.15, 0.2) is 24.3 Å². The van der Waals surface area contributed by atoms with E-state index < -0.39 is 5.97 Å². The normalized spacial score (nSPS) is 34.3. The number of benzene rings is 1. The molecule has 0 spiro atoms. The van der Waals surface area contributed by atoms with Crippen LogP contribution in [-0.4, -0.2) is 17.0 Å². The number of carbonyl (C=O) groups excluding carboxylic acids is 1. The van der Waals surface area contributed by atoms with Crippen molar-refractivity contribution in [1.82, 2.24) is 0 Å². The Kier molecular flexibility index (Phi) is 3.43. The van der Waals surface area contributed by atoms with E-state index >= 15 is 0 Å². The average Bonchev–Trinajstić information content (AvgIpc) is 2.45. The number of nitrogens with one attached hydrogen (secondary N) is 1. The Morgan fingerprint density at radius 1 is 1.09 bits per heavy atom. The maximum atomic E-state index is 13.0. The fourth-order valence-electron chi connectivity index (χ4n) is 5.59. The van der Waals surface area contributed by atoms with Crippen molar-refractivity contribution in [2.45, 2.75) is 44.9 Å². The van der Waals surface area contributed by atoms with Gasteiger partial charge in [-0.15, -0.1) is 0 Å². The summed E-state index contributed by atoms with van der Waals surface area (Å²) in [6.45, 7) is 0. The molecule has 4 nitrogen and oxygen atoms in total. The lowest BCUT2D eigenvalue weighted by atomic mass is 9.49. The van der Waals surface area contributed by atoms with E-state index in [0.29, 0.717) is 0 Å². The fraction of sp³-hybridized carbons (Fsp3) is 0.579. The summed E-state index contributed by atoms with van der Waals surface area (Å²) in [6.07, 6.45) is 7.07. The second-order valence-corrected chi connectivity index (χ2v) is 7.92.